The molecule has 4 fully saturated rings. The number of carbonyl (C=O) groups is 1. The van der Waals surface area contributed by atoms with Crippen molar-refractivity contribution < 1.29 is 14.7 Å². The second-order valence-corrected chi connectivity index (χ2v) is 11.6. The van der Waals surface area contributed by atoms with Gasteiger partial charge in [0, 0.05) is 24.2 Å². The van der Waals surface area contributed by atoms with Crippen LogP contribution in [0, 0.1) is 11.8 Å². The Bertz CT molecular complexity index is 1230. The van der Waals surface area contributed by atoms with Crippen LogP contribution in [0.3, 0.4) is 0 Å². The topological polar surface area (TPSA) is 97.0 Å². The van der Waals surface area contributed by atoms with Crippen molar-refractivity contribution in [1.29, 1.82) is 0 Å². The standard InChI is InChI=1S/C29H38N4O4/c1-2-37-31-27(29(35)36)26-28(34)33(25-10-6-5-9-24(25)30-26)23-16-20-11-12-21(17-23)32(20)22-14-18-7-3-4-8-19(13-18)15-22/h5-6,9-10,18-23H,2-4,7-8,11-17H2,1H3,(H,35,36)/b31-27-/t18-,19+,20-,21+,22-,23+. The van der Waals surface area contributed by atoms with E-state index in [0.717, 1.165) is 30.2 Å². The Labute approximate surface area is 217 Å². The molecule has 2 aliphatic carbocycles. The zero-order chi connectivity index (χ0) is 25.5. The highest BCUT2D eigenvalue weighted by molar-refractivity contribution is 6.41. The van der Waals surface area contributed by atoms with Crippen LogP contribution in [-0.2, 0) is 9.63 Å². The molecule has 0 unspecified atom stereocenters. The van der Waals surface area contributed by atoms with Gasteiger partial charge >= 0.3 is 5.97 Å². The van der Waals surface area contributed by atoms with Gasteiger partial charge in [0.1, 0.15) is 6.61 Å². The van der Waals surface area contributed by atoms with Crippen molar-refractivity contribution in [3.05, 3.63) is 40.3 Å². The van der Waals surface area contributed by atoms with E-state index in [-0.39, 0.29) is 23.9 Å². The third kappa shape index (κ3) is 4.58. The summed E-state index contributed by atoms with van der Waals surface area (Å²) in [5, 5.41) is 13.6. The number of hydrogen-bond donors (Lipinski definition) is 1. The van der Waals surface area contributed by atoms with Gasteiger partial charge in [-0.3, -0.25) is 9.69 Å². The normalized spacial score (nSPS) is 32.3. The molecule has 198 valence electrons. The predicted octanol–water partition coefficient (Wildman–Crippen LogP) is 4.75. The van der Waals surface area contributed by atoms with Gasteiger partial charge in [-0.2, -0.15) is 0 Å². The molecule has 8 heteroatoms. The van der Waals surface area contributed by atoms with Gasteiger partial charge in [0.15, 0.2) is 5.69 Å². The van der Waals surface area contributed by atoms with E-state index in [0.29, 0.717) is 23.6 Å². The second-order valence-electron chi connectivity index (χ2n) is 11.6. The van der Waals surface area contributed by atoms with E-state index >= 15 is 0 Å². The summed E-state index contributed by atoms with van der Waals surface area (Å²) in [4.78, 5) is 38.2. The summed E-state index contributed by atoms with van der Waals surface area (Å²) in [5.74, 6) is 0.460. The van der Waals surface area contributed by atoms with Gasteiger partial charge < -0.3 is 14.5 Å². The van der Waals surface area contributed by atoms with E-state index in [2.05, 4.69) is 15.0 Å². The van der Waals surface area contributed by atoms with Gasteiger partial charge in [0.25, 0.3) is 5.56 Å². The Hall–Kier alpha value is -2.74. The lowest BCUT2D eigenvalue weighted by atomic mass is 9.76. The third-order valence-electron chi connectivity index (χ3n) is 9.41. The number of nitrogens with zero attached hydrogens (tertiary/aromatic N) is 4. The van der Waals surface area contributed by atoms with Crippen molar-refractivity contribution in [3.63, 3.8) is 0 Å². The lowest BCUT2D eigenvalue weighted by Gasteiger charge is -2.48. The number of fused-ring (bicyclic) bond motifs is 5. The molecule has 37 heavy (non-hydrogen) atoms. The molecule has 3 heterocycles. The minimum Gasteiger partial charge on any atom is -0.476 e. The molecule has 6 rings (SSSR count). The maximum Gasteiger partial charge on any atom is 0.360 e. The number of oxime groups is 1. The Morgan fingerprint density at radius 1 is 0.973 bits per heavy atom. The van der Waals surface area contributed by atoms with Gasteiger partial charge in [0.05, 0.1) is 11.0 Å². The lowest BCUT2D eigenvalue weighted by Crippen LogP contribution is -2.52. The van der Waals surface area contributed by atoms with Crippen LogP contribution in [0.4, 0.5) is 0 Å². The van der Waals surface area contributed by atoms with Gasteiger partial charge in [-0.25, -0.2) is 9.78 Å². The van der Waals surface area contributed by atoms with Crippen molar-refractivity contribution in [2.45, 2.75) is 102 Å². The molecule has 0 amide bonds. The smallest absolute Gasteiger partial charge is 0.360 e. The van der Waals surface area contributed by atoms with Crippen molar-refractivity contribution in [2.24, 2.45) is 17.0 Å². The zero-order valence-electron chi connectivity index (χ0n) is 21.7. The van der Waals surface area contributed by atoms with Crippen LogP contribution in [0.15, 0.2) is 34.2 Å². The van der Waals surface area contributed by atoms with E-state index in [1.165, 1.54) is 57.8 Å². The molecule has 0 spiro atoms. The van der Waals surface area contributed by atoms with Crippen LogP contribution in [0.2, 0.25) is 0 Å². The summed E-state index contributed by atoms with van der Waals surface area (Å²) >= 11 is 0. The molecule has 4 bridgehead atoms. The molecule has 0 radical (unpaired) electrons. The first-order valence-corrected chi connectivity index (χ1v) is 14.3. The summed E-state index contributed by atoms with van der Waals surface area (Å²) in [7, 11) is 0. The van der Waals surface area contributed by atoms with Gasteiger partial charge in [0.2, 0.25) is 5.71 Å². The maximum atomic E-state index is 13.9. The molecule has 2 saturated carbocycles. The molecular weight excluding hydrogens is 468 g/mol. The molecule has 1 aromatic carbocycles. The molecule has 8 nitrogen and oxygen atoms in total. The van der Waals surface area contributed by atoms with Crippen LogP contribution >= 0.6 is 0 Å². The highest BCUT2D eigenvalue weighted by Crippen LogP contribution is 2.47. The van der Waals surface area contributed by atoms with E-state index in [1.807, 2.05) is 28.8 Å². The first kappa shape index (κ1) is 24.6. The van der Waals surface area contributed by atoms with Crippen LogP contribution < -0.4 is 5.56 Å². The van der Waals surface area contributed by atoms with Crippen LogP contribution in [0.25, 0.3) is 11.0 Å². The van der Waals surface area contributed by atoms with Gasteiger partial charge in [-0.1, -0.05) is 43.0 Å². The highest BCUT2D eigenvalue weighted by atomic mass is 16.6. The number of hydrogen-bond acceptors (Lipinski definition) is 6. The molecule has 2 saturated heterocycles. The summed E-state index contributed by atoms with van der Waals surface area (Å²) in [5.41, 5.74) is 0.399. The number of carboxylic acids is 1. The fourth-order valence-electron chi connectivity index (χ4n) is 8.09. The fourth-order valence-corrected chi connectivity index (χ4v) is 8.09. The minimum absolute atomic E-state index is 0.0147. The first-order chi connectivity index (χ1) is 18.0. The van der Waals surface area contributed by atoms with Crippen molar-refractivity contribution in [1.82, 2.24) is 14.5 Å². The van der Waals surface area contributed by atoms with Crippen LogP contribution in [-0.4, -0.2) is 56.0 Å². The average molecular weight is 507 g/mol. The Morgan fingerprint density at radius 3 is 2.30 bits per heavy atom. The number of para-hydroxylation sites is 2. The molecule has 6 atom stereocenters. The minimum atomic E-state index is -1.31. The van der Waals surface area contributed by atoms with Crippen molar-refractivity contribution in [2.75, 3.05) is 6.61 Å². The van der Waals surface area contributed by atoms with E-state index in [1.54, 1.807) is 6.92 Å². The van der Waals surface area contributed by atoms with Gasteiger partial charge in [-0.05, 0) is 75.8 Å². The Morgan fingerprint density at radius 2 is 1.65 bits per heavy atom. The van der Waals surface area contributed by atoms with Gasteiger partial charge in [-0.15, -0.1) is 0 Å². The number of piperidine rings is 1. The number of rotatable bonds is 6. The number of carboxylic acid groups (broad SMARTS) is 1. The molecule has 2 aliphatic heterocycles. The van der Waals surface area contributed by atoms with E-state index in [4.69, 9.17) is 4.84 Å². The first-order valence-electron chi connectivity index (χ1n) is 14.3. The van der Waals surface area contributed by atoms with Crippen molar-refractivity contribution >= 4 is 22.7 Å². The Balaban J connectivity index is 1.34. The molecule has 1 N–H and O–H groups in total. The van der Waals surface area contributed by atoms with Crippen molar-refractivity contribution in [3.8, 4) is 0 Å². The number of benzene rings is 1. The highest BCUT2D eigenvalue weighted by Gasteiger charge is 2.47. The summed E-state index contributed by atoms with van der Waals surface area (Å²) in [6.45, 7) is 1.93. The largest absolute Gasteiger partial charge is 0.476 e. The summed E-state index contributed by atoms with van der Waals surface area (Å²) in [6.07, 6.45) is 13.9. The molecule has 4 aliphatic rings. The monoisotopic (exact) mass is 506 g/mol. The SMILES string of the molecule is CCO/N=C(\C(=O)O)c1nc2ccccc2n([C@H]2C[C@H]3CC[C@@H](C2)N3[C@@H]2C[C@@H]3CCCC[C@@H](C3)C2)c1=O. The van der Waals surface area contributed by atoms with Crippen LogP contribution in [0.1, 0.15) is 89.3 Å². The molecule has 1 aromatic heterocycles. The maximum absolute atomic E-state index is 13.9. The molecule has 2 aromatic rings. The fraction of sp³-hybridized carbons (Fsp3) is 0.655. The second kappa shape index (κ2) is 10.2. The van der Waals surface area contributed by atoms with Crippen LogP contribution in [0.5, 0.6) is 0 Å². The van der Waals surface area contributed by atoms with E-state index < -0.39 is 11.7 Å². The predicted molar refractivity (Wildman–Crippen MR) is 142 cm³/mol. The average Bonchev–Trinajstić information content (AvgIpc) is 3.04. The number of aromatic nitrogens is 2. The number of aliphatic carboxylic acids is 1. The summed E-state index contributed by atoms with van der Waals surface area (Å²) in [6, 6.07) is 9.19. The third-order valence-corrected chi connectivity index (χ3v) is 9.41. The zero-order valence-corrected chi connectivity index (χ0v) is 21.7. The van der Waals surface area contributed by atoms with E-state index in [9.17, 15) is 14.7 Å². The lowest BCUT2D eigenvalue weighted by molar-refractivity contribution is -0.129. The Kier molecular flexibility index (Phi) is 6.78. The quantitative estimate of drug-likeness (QED) is 0.449. The summed E-state index contributed by atoms with van der Waals surface area (Å²) < 4.78 is 1.82. The molecular formula is C29H38N4O4.